The van der Waals surface area contributed by atoms with Crippen molar-refractivity contribution in [1.82, 2.24) is 0 Å². The molecule has 0 saturated heterocycles. The monoisotopic (exact) mass is 476 g/mol. The van der Waals surface area contributed by atoms with E-state index in [1.54, 1.807) is 0 Å². The molecule has 0 aromatic heterocycles. The van der Waals surface area contributed by atoms with Crippen molar-refractivity contribution in [3.63, 3.8) is 0 Å². The van der Waals surface area contributed by atoms with Crippen molar-refractivity contribution in [2.75, 3.05) is 16.4 Å². The summed E-state index contributed by atoms with van der Waals surface area (Å²) < 4.78 is 54.5. The van der Waals surface area contributed by atoms with Crippen molar-refractivity contribution in [2.24, 2.45) is 0 Å². The van der Waals surface area contributed by atoms with Gasteiger partial charge in [0.2, 0.25) is 5.91 Å². The van der Waals surface area contributed by atoms with E-state index in [4.69, 9.17) is 0 Å². The van der Waals surface area contributed by atoms with Gasteiger partial charge >= 0.3 is 6.18 Å². The highest BCUT2D eigenvalue weighted by Gasteiger charge is 2.34. The second-order valence-electron chi connectivity index (χ2n) is 7.22. The molecule has 0 aliphatic rings. The fourth-order valence-corrected chi connectivity index (χ4v) is 3.83. The van der Waals surface area contributed by atoms with Gasteiger partial charge in [-0.25, -0.2) is 4.39 Å². The van der Waals surface area contributed by atoms with Crippen molar-refractivity contribution in [3.05, 3.63) is 94.8 Å². The molecule has 9 heteroatoms. The lowest BCUT2D eigenvalue weighted by Gasteiger charge is -2.16. The molecule has 0 radical (unpaired) electrons. The van der Waals surface area contributed by atoms with Crippen LogP contribution in [-0.4, -0.2) is 17.6 Å². The third-order valence-electron chi connectivity index (χ3n) is 4.56. The summed E-state index contributed by atoms with van der Waals surface area (Å²) in [7, 11) is 0. The SMILES string of the molecule is Cc1cccc(CSCC(=O)Nc2ccc(NC(=O)c3ccccc3F)cc2C(F)(F)F)c1. The number of anilines is 2. The molecule has 0 unspecified atom stereocenters. The van der Waals surface area contributed by atoms with Crippen LogP contribution < -0.4 is 10.6 Å². The van der Waals surface area contributed by atoms with Crippen LogP contribution >= 0.6 is 11.8 Å². The van der Waals surface area contributed by atoms with Crippen LogP contribution in [0.3, 0.4) is 0 Å². The molecule has 0 aliphatic carbocycles. The van der Waals surface area contributed by atoms with Gasteiger partial charge in [0.25, 0.3) is 5.91 Å². The Morgan fingerprint density at radius 2 is 1.70 bits per heavy atom. The van der Waals surface area contributed by atoms with Gasteiger partial charge in [0.15, 0.2) is 0 Å². The summed E-state index contributed by atoms with van der Waals surface area (Å²) >= 11 is 1.28. The van der Waals surface area contributed by atoms with Gasteiger partial charge in [-0.2, -0.15) is 13.2 Å². The van der Waals surface area contributed by atoms with Crippen LogP contribution in [-0.2, 0) is 16.7 Å². The summed E-state index contributed by atoms with van der Waals surface area (Å²) in [5, 5.41) is 4.54. The summed E-state index contributed by atoms with van der Waals surface area (Å²) in [5.41, 5.74) is 0.0724. The molecule has 4 nitrogen and oxygen atoms in total. The average Bonchev–Trinajstić information content (AvgIpc) is 2.74. The Kier molecular flexibility index (Phi) is 7.75. The highest BCUT2D eigenvalue weighted by molar-refractivity contribution is 7.99. The molecule has 3 aromatic rings. The van der Waals surface area contributed by atoms with Gasteiger partial charge in [0.1, 0.15) is 5.82 Å². The van der Waals surface area contributed by atoms with E-state index in [2.05, 4.69) is 10.6 Å². The van der Waals surface area contributed by atoms with Gasteiger partial charge < -0.3 is 10.6 Å². The molecule has 2 N–H and O–H groups in total. The second-order valence-corrected chi connectivity index (χ2v) is 8.21. The minimum absolute atomic E-state index is 0.0307. The van der Waals surface area contributed by atoms with Gasteiger partial charge in [-0.1, -0.05) is 42.0 Å². The number of aryl methyl sites for hydroxylation is 1. The second kappa shape index (κ2) is 10.5. The number of rotatable bonds is 7. The average molecular weight is 476 g/mol. The summed E-state index contributed by atoms with van der Waals surface area (Å²) in [6.07, 6.45) is -4.78. The normalized spacial score (nSPS) is 11.2. The van der Waals surface area contributed by atoms with E-state index >= 15 is 0 Å². The zero-order valence-corrected chi connectivity index (χ0v) is 18.3. The third kappa shape index (κ3) is 6.82. The Morgan fingerprint density at radius 3 is 2.39 bits per heavy atom. The fraction of sp³-hybridized carbons (Fsp3) is 0.167. The molecule has 2 amide bonds. The topological polar surface area (TPSA) is 58.2 Å². The molecule has 0 aliphatic heterocycles. The maximum absolute atomic E-state index is 13.8. The number of carbonyl (C=O) groups is 2. The maximum Gasteiger partial charge on any atom is 0.418 e. The molecule has 3 aromatic carbocycles. The summed E-state index contributed by atoms with van der Waals surface area (Å²) in [6.45, 7) is 1.95. The molecule has 3 rings (SSSR count). The highest BCUT2D eigenvalue weighted by atomic mass is 32.2. The lowest BCUT2D eigenvalue weighted by Crippen LogP contribution is -2.19. The number of carbonyl (C=O) groups excluding carboxylic acids is 2. The first-order valence-electron chi connectivity index (χ1n) is 9.84. The number of thioether (sulfide) groups is 1. The first-order chi connectivity index (χ1) is 15.6. The van der Waals surface area contributed by atoms with E-state index in [0.29, 0.717) is 11.8 Å². The third-order valence-corrected chi connectivity index (χ3v) is 5.56. The van der Waals surface area contributed by atoms with E-state index < -0.39 is 35.1 Å². The number of benzene rings is 3. The van der Waals surface area contributed by atoms with Crippen LogP contribution in [0.15, 0.2) is 66.7 Å². The van der Waals surface area contributed by atoms with Gasteiger partial charge in [0, 0.05) is 11.4 Å². The first kappa shape index (κ1) is 24.3. The predicted molar refractivity (Wildman–Crippen MR) is 122 cm³/mol. The lowest BCUT2D eigenvalue weighted by atomic mass is 10.1. The molecule has 0 atom stereocenters. The van der Waals surface area contributed by atoms with Crippen molar-refractivity contribution in [3.8, 4) is 0 Å². The van der Waals surface area contributed by atoms with Crippen molar-refractivity contribution < 1.29 is 27.2 Å². The Labute approximate surface area is 192 Å². The van der Waals surface area contributed by atoms with Crippen LogP contribution in [0.25, 0.3) is 0 Å². The number of nitrogens with one attached hydrogen (secondary N) is 2. The quantitative estimate of drug-likeness (QED) is 0.395. The van der Waals surface area contributed by atoms with Crippen LogP contribution in [0.5, 0.6) is 0 Å². The number of hydrogen-bond acceptors (Lipinski definition) is 3. The molecule has 0 heterocycles. The Morgan fingerprint density at radius 1 is 0.939 bits per heavy atom. The minimum atomic E-state index is -4.78. The highest BCUT2D eigenvalue weighted by Crippen LogP contribution is 2.37. The van der Waals surface area contributed by atoms with Crippen LogP contribution in [0.4, 0.5) is 28.9 Å². The lowest BCUT2D eigenvalue weighted by molar-refractivity contribution is -0.136. The molecular weight excluding hydrogens is 456 g/mol. The smallest absolute Gasteiger partial charge is 0.325 e. The zero-order valence-electron chi connectivity index (χ0n) is 17.5. The van der Waals surface area contributed by atoms with Gasteiger partial charge in [-0.05, 0) is 42.8 Å². The molecule has 0 bridgehead atoms. The molecular formula is C24H20F4N2O2S. The van der Waals surface area contributed by atoms with Gasteiger partial charge in [-0.3, -0.25) is 9.59 Å². The van der Waals surface area contributed by atoms with E-state index in [1.165, 1.54) is 36.0 Å². The summed E-state index contributed by atoms with van der Waals surface area (Å²) in [4.78, 5) is 24.4. The molecule has 0 fully saturated rings. The van der Waals surface area contributed by atoms with E-state index in [0.717, 1.165) is 23.3 Å². The van der Waals surface area contributed by atoms with E-state index in [9.17, 15) is 27.2 Å². The van der Waals surface area contributed by atoms with Crippen LogP contribution in [0, 0.1) is 12.7 Å². The zero-order chi connectivity index (χ0) is 24.0. The van der Waals surface area contributed by atoms with Gasteiger partial charge in [0.05, 0.1) is 22.6 Å². The van der Waals surface area contributed by atoms with Crippen molar-refractivity contribution >= 4 is 35.0 Å². The summed E-state index contributed by atoms with van der Waals surface area (Å²) in [6, 6.07) is 15.8. The van der Waals surface area contributed by atoms with E-state index in [-0.39, 0.29) is 17.0 Å². The minimum Gasteiger partial charge on any atom is -0.325 e. The predicted octanol–water partition coefficient (Wildman–Crippen LogP) is 6.28. The Hall–Kier alpha value is -3.33. The van der Waals surface area contributed by atoms with Gasteiger partial charge in [-0.15, -0.1) is 11.8 Å². The Balaban J connectivity index is 1.68. The molecule has 172 valence electrons. The number of amides is 2. The standard InChI is InChI=1S/C24H20F4N2O2S/c1-15-5-4-6-16(11-15)13-33-14-22(31)30-21-10-9-17(12-19(21)24(26,27)28)29-23(32)18-7-2-3-8-20(18)25/h2-12H,13-14H2,1H3,(H,29,32)(H,30,31). The first-order valence-corrected chi connectivity index (χ1v) is 11.0. The molecule has 0 spiro atoms. The number of hydrogen-bond donors (Lipinski definition) is 2. The summed E-state index contributed by atoms with van der Waals surface area (Å²) in [5.74, 6) is -1.75. The van der Waals surface area contributed by atoms with Crippen molar-refractivity contribution in [1.29, 1.82) is 0 Å². The fourth-order valence-electron chi connectivity index (χ4n) is 3.06. The van der Waals surface area contributed by atoms with Crippen molar-refractivity contribution in [2.45, 2.75) is 18.9 Å². The molecule has 0 saturated carbocycles. The largest absolute Gasteiger partial charge is 0.418 e. The van der Waals surface area contributed by atoms with Crippen LogP contribution in [0.1, 0.15) is 27.0 Å². The maximum atomic E-state index is 13.8. The Bertz CT molecular complexity index is 1170. The van der Waals surface area contributed by atoms with E-state index in [1.807, 2.05) is 31.2 Å². The molecule has 33 heavy (non-hydrogen) atoms. The number of alkyl halides is 3. The van der Waals surface area contributed by atoms with Crippen LogP contribution in [0.2, 0.25) is 0 Å². The number of halogens is 4.